The van der Waals surface area contributed by atoms with E-state index in [1.54, 1.807) is 24.5 Å². The number of methoxy groups -OCH3 is 1. The predicted octanol–water partition coefficient (Wildman–Crippen LogP) is 4.08. The second-order valence-electron chi connectivity index (χ2n) is 7.19. The Morgan fingerprint density at radius 3 is 2.63 bits per heavy atom. The average molecular weight is 385 g/mol. The molecule has 142 valence electrons. The van der Waals surface area contributed by atoms with Crippen LogP contribution in [0.15, 0.2) is 40.2 Å². The first kappa shape index (κ1) is 19.1. The normalized spacial score (nSPS) is 11.4. The van der Waals surface area contributed by atoms with E-state index in [2.05, 4.69) is 41.6 Å². The summed E-state index contributed by atoms with van der Waals surface area (Å²) >= 11 is 1.62. The Balaban J connectivity index is 1.55. The quantitative estimate of drug-likeness (QED) is 0.692. The summed E-state index contributed by atoms with van der Waals surface area (Å²) in [5.41, 5.74) is 2.58. The van der Waals surface area contributed by atoms with Gasteiger partial charge in [-0.25, -0.2) is 4.98 Å². The number of carbonyl (C=O) groups is 1. The molecule has 6 nitrogen and oxygen atoms in total. The summed E-state index contributed by atoms with van der Waals surface area (Å²) in [7, 11) is 1.61. The van der Waals surface area contributed by atoms with Gasteiger partial charge in [-0.1, -0.05) is 25.9 Å². The van der Waals surface area contributed by atoms with Crippen molar-refractivity contribution in [3.63, 3.8) is 0 Å². The van der Waals surface area contributed by atoms with Gasteiger partial charge in [0.15, 0.2) is 0 Å². The van der Waals surface area contributed by atoms with E-state index < -0.39 is 0 Å². The number of nitrogens with one attached hydrogen (secondary N) is 1. The van der Waals surface area contributed by atoms with Crippen LogP contribution in [0.4, 0.5) is 0 Å². The van der Waals surface area contributed by atoms with E-state index in [9.17, 15) is 4.79 Å². The summed E-state index contributed by atoms with van der Waals surface area (Å²) in [4.78, 5) is 16.9. The first-order chi connectivity index (χ1) is 12.9. The van der Waals surface area contributed by atoms with Gasteiger partial charge in [0.25, 0.3) is 5.91 Å². The number of carbonyl (C=O) groups excluding carboxylic acids is 1. The Bertz CT molecular complexity index is 907. The van der Waals surface area contributed by atoms with E-state index in [-0.39, 0.29) is 17.1 Å². The van der Waals surface area contributed by atoms with Gasteiger partial charge >= 0.3 is 0 Å². The summed E-state index contributed by atoms with van der Waals surface area (Å²) < 4.78 is 10.3. The predicted molar refractivity (Wildman–Crippen MR) is 105 cm³/mol. The topological polar surface area (TPSA) is 77.2 Å². The molecule has 0 saturated heterocycles. The molecule has 0 atom stereocenters. The Morgan fingerprint density at radius 2 is 2.00 bits per heavy atom. The van der Waals surface area contributed by atoms with Crippen LogP contribution in [0.5, 0.6) is 5.75 Å². The minimum absolute atomic E-state index is 0.0374. The molecule has 3 rings (SSSR count). The van der Waals surface area contributed by atoms with Crippen molar-refractivity contribution in [1.29, 1.82) is 0 Å². The largest absolute Gasteiger partial charge is 0.497 e. The SMILES string of the molecule is COc1ccc(-c2cc(C(=O)NCCc3nc(C(C)(C)C)cs3)on2)cc1. The summed E-state index contributed by atoms with van der Waals surface area (Å²) in [6.45, 7) is 6.91. The zero-order chi connectivity index (χ0) is 19.4. The Kier molecular flexibility index (Phi) is 5.60. The fourth-order valence-electron chi connectivity index (χ4n) is 2.42. The van der Waals surface area contributed by atoms with Gasteiger partial charge in [0.2, 0.25) is 5.76 Å². The van der Waals surface area contributed by atoms with Crippen molar-refractivity contribution in [3.8, 4) is 17.0 Å². The number of amides is 1. The zero-order valence-corrected chi connectivity index (χ0v) is 16.7. The molecule has 1 N–H and O–H groups in total. The van der Waals surface area contributed by atoms with E-state index in [0.29, 0.717) is 18.7 Å². The lowest BCUT2D eigenvalue weighted by atomic mass is 9.93. The highest BCUT2D eigenvalue weighted by Gasteiger charge is 2.18. The van der Waals surface area contributed by atoms with Gasteiger partial charge in [0, 0.05) is 35.4 Å². The van der Waals surface area contributed by atoms with Crippen LogP contribution in [0, 0.1) is 0 Å². The number of nitrogens with zero attached hydrogens (tertiary/aromatic N) is 2. The van der Waals surface area contributed by atoms with Crippen molar-refractivity contribution in [2.75, 3.05) is 13.7 Å². The van der Waals surface area contributed by atoms with Crippen LogP contribution >= 0.6 is 11.3 Å². The van der Waals surface area contributed by atoms with Crippen LogP contribution in [-0.4, -0.2) is 29.7 Å². The number of ether oxygens (including phenoxy) is 1. The van der Waals surface area contributed by atoms with Gasteiger partial charge < -0.3 is 14.6 Å². The number of hydrogen-bond donors (Lipinski definition) is 1. The summed E-state index contributed by atoms with van der Waals surface area (Å²) in [6.07, 6.45) is 0.686. The van der Waals surface area contributed by atoms with Gasteiger partial charge in [-0.15, -0.1) is 11.3 Å². The maximum atomic E-state index is 12.3. The lowest BCUT2D eigenvalue weighted by Gasteiger charge is -2.14. The molecule has 0 radical (unpaired) electrons. The third kappa shape index (κ3) is 4.74. The molecule has 1 aromatic carbocycles. The summed E-state index contributed by atoms with van der Waals surface area (Å²) in [6, 6.07) is 9.05. The Morgan fingerprint density at radius 1 is 1.26 bits per heavy atom. The van der Waals surface area contributed by atoms with Gasteiger partial charge in [0.1, 0.15) is 11.4 Å². The van der Waals surface area contributed by atoms with Crippen LogP contribution in [0.3, 0.4) is 0 Å². The number of aromatic nitrogens is 2. The van der Waals surface area contributed by atoms with E-state index >= 15 is 0 Å². The molecule has 0 aliphatic heterocycles. The molecule has 0 aliphatic rings. The fourth-order valence-corrected chi connectivity index (χ4v) is 3.45. The standard InChI is InChI=1S/C20H23N3O3S/c1-20(2,3)17-12-27-18(22-17)9-10-21-19(24)16-11-15(23-26-16)13-5-7-14(25-4)8-6-13/h5-8,11-12H,9-10H2,1-4H3,(H,21,24). The number of thiazole rings is 1. The van der Waals surface area contributed by atoms with Crippen molar-refractivity contribution < 1.29 is 14.1 Å². The van der Waals surface area contributed by atoms with Gasteiger partial charge in [0.05, 0.1) is 17.8 Å². The lowest BCUT2D eigenvalue weighted by Crippen LogP contribution is -2.25. The van der Waals surface area contributed by atoms with Crippen molar-refractivity contribution in [3.05, 3.63) is 52.2 Å². The first-order valence-electron chi connectivity index (χ1n) is 8.71. The number of rotatable bonds is 6. The van der Waals surface area contributed by atoms with Crippen LogP contribution in [0.25, 0.3) is 11.3 Å². The van der Waals surface area contributed by atoms with Crippen LogP contribution in [-0.2, 0) is 11.8 Å². The Labute approximate surface area is 162 Å². The highest BCUT2D eigenvalue weighted by atomic mass is 32.1. The van der Waals surface area contributed by atoms with E-state index in [1.165, 1.54) is 0 Å². The van der Waals surface area contributed by atoms with Crippen LogP contribution in [0.1, 0.15) is 42.0 Å². The van der Waals surface area contributed by atoms with E-state index in [1.807, 2.05) is 24.3 Å². The molecule has 0 fully saturated rings. The van der Waals surface area contributed by atoms with Crippen LogP contribution < -0.4 is 10.1 Å². The molecule has 3 aromatic rings. The van der Waals surface area contributed by atoms with Gasteiger partial charge in [-0.3, -0.25) is 4.79 Å². The highest BCUT2D eigenvalue weighted by molar-refractivity contribution is 7.09. The second-order valence-corrected chi connectivity index (χ2v) is 8.13. The molecular weight excluding hydrogens is 362 g/mol. The molecule has 27 heavy (non-hydrogen) atoms. The minimum Gasteiger partial charge on any atom is -0.497 e. The van der Waals surface area contributed by atoms with Crippen molar-refractivity contribution in [1.82, 2.24) is 15.5 Å². The zero-order valence-electron chi connectivity index (χ0n) is 15.9. The summed E-state index contributed by atoms with van der Waals surface area (Å²) in [5.74, 6) is 0.669. The molecule has 2 heterocycles. The fraction of sp³-hybridized carbons (Fsp3) is 0.350. The third-order valence-corrected chi connectivity index (χ3v) is 4.97. The van der Waals surface area contributed by atoms with E-state index in [0.717, 1.165) is 22.0 Å². The van der Waals surface area contributed by atoms with Gasteiger partial charge in [-0.2, -0.15) is 0 Å². The highest BCUT2D eigenvalue weighted by Crippen LogP contribution is 2.24. The molecule has 1 amide bonds. The molecule has 0 saturated carbocycles. The molecule has 0 spiro atoms. The average Bonchev–Trinajstić information content (AvgIpc) is 3.31. The minimum atomic E-state index is -0.283. The Hall–Kier alpha value is -2.67. The van der Waals surface area contributed by atoms with Crippen molar-refractivity contribution in [2.24, 2.45) is 0 Å². The first-order valence-corrected chi connectivity index (χ1v) is 9.59. The van der Waals surface area contributed by atoms with E-state index in [4.69, 9.17) is 9.26 Å². The molecule has 7 heteroatoms. The molecule has 0 aliphatic carbocycles. The molecule has 2 aromatic heterocycles. The molecule has 0 bridgehead atoms. The number of benzene rings is 1. The second kappa shape index (κ2) is 7.92. The maximum Gasteiger partial charge on any atom is 0.289 e. The molecular formula is C20H23N3O3S. The molecule has 0 unspecified atom stereocenters. The van der Waals surface area contributed by atoms with Crippen LogP contribution in [0.2, 0.25) is 0 Å². The summed E-state index contributed by atoms with van der Waals surface area (Å²) in [5, 5.41) is 9.91. The monoisotopic (exact) mass is 385 g/mol. The lowest BCUT2D eigenvalue weighted by molar-refractivity contribution is 0.0917. The van der Waals surface area contributed by atoms with Crippen molar-refractivity contribution >= 4 is 17.2 Å². The third-order valence-electron chi connectivity index (χ3n) is 4.06. The maximum absolute atomic E-state index is 12.3. The van der Waals surface area contributed by atoms with Gasteiger partial charge in [-0.05, 0) is 24.3 Å². The smallest absolute Gasteiger partial charge is 0.289 e. The number of hydrogen-bond acceptors (Lipinski definition) is 6. The van der Waals surface area contributed by atoms with Crippen molar-refractivity contribution in [2.45, 2.75) is 32.6 Å².